The van der Waals surface area contributed by atoms with Crippen LogP contribution in [0.5, 0.6) is 0 Å². The summed E-state index contributed by atoms with van der Waals surface area (Å²) in [6.45, 7) is 0. The smallest absolute Gasteiger partial charge is 0.251 e. The minimum absolute atomic E-state index is 0.116. The largest absolute Gasteiger partial charge is 0.349 e. The number of carbonyl (C=O) groups excluding carboxylic acids is 1. The van der Waals surface area contributed by atoms with E-state index in [0.29, 0.717) is 11.5 Å². The van der Waals surface area contributed by atoms with Gasteiger partial charge >= 0.3 is 0 Å². The topological polar surface area (TPSA) is 75.3 Å². The van der Waals surface area contributed by atoms with Crippen LogP contribution in [0.4, 0.5) is 0 Å². The van der Waals surface area contributed by atoms with Crippen molar-refractivity contribution in [2.75, 3.05) is 7.05 Å². The fourth-order valence-corrected chi connectivity index (χ4v) is 4.37. The first-order chi connectivity index (χ1) is 9.99. The fourth-order valence-electron chi connectivity index (χ4n) is 3.60. The summed E-state index contributed by atoms with van der Waals surface area (Å²) >= 11 is 0. The van der Waals surface area contributed by atoms with Crippen LogP contribution < -0.4 is 10.0 Å². The van der Waals surface area contributed by atoms with E-state index < -0.39 is 10.0 Å². The standard InChI is InChI=1S/C15H20N2O3S/c1-16-21(19,20)13-4-2-3-12(9-13)15(18)17-14-8-10-5-6-11(14)7-10/h2-4,9-11,14,16H,5-8H2,1H3,(H,17,18)/t10-,11-,14-/m0/s1. The molecule has 2 bridgehead atoms. The molecule has 1 aromatic carbocycles. The summed E-state index contributed by atoms with van der Waals surface area (Å²) in [5, 5.41) is 3.07. The normalized spacial score (nSPS) is 27.8. The Labute approximate surface area is 125 Å². The summed E-state index contributed by atoms with van der Waals surface area (Å²) in [5.74, 6) is 1.18. The lowest BCUT2D eigenvalue weighted by molar-refractivity contribution is 0.0922. The molecule has 2 fully saturated rings. The van der Waals surface area contributed by atoms with Gasteiger partial charge in [-0.05, 0) is 56.3 Å². The monoisotopic (exact) mass is 308 g/mol. The van der Waals surface area contributed by atoms with Gasteiger partial charge in [-0.2, -0.15) is 0 Å². The van der Waals surface area contributed by atoms with Crippen LogP contribution in [-0.2, 0) is 10.0 Å². The summed E-state index contributed by atoms with van der Waals surface area (Å²) in [4.78, 5) is 12.4. The highest BCUT2D eigenvalue weighted by molar-refractivity contribution is 7.89. The van der Waals surface area contributed by atoms with Crippen LogP contribution in [0.1, 0.15) is 36.0 Å². The first-order valence-electron chi connectivity index (χ1n) is 7.34. The van der Waals surface area contributed by atoms with Gasteiger partial charge < -0.3 is 5.32 Å². The van der Waals surface area contributed by atoms with E-state index in [4.69, 9.17) is 0 Å². The number of sulfonamides is 1. The lowest BCUT2D eigenvalue weighted by Crippen LogP contribution is -2.38. The highest BCUT2D eigenvalue weighted by atomic mass is 32.2. The fraction of sp³-hybridized carbons (Fsp3) is 0.533. The molecule has 2 aliphatic carbocycles. The van der Waals surface area contributed by atoms with Crippen molar-refractivity contribution in [1.82, 2.24) is 10.0 Å². The van der Waals surface area contributed by atoms with E-state index in [1.54, 1.807) is 12.1 Å². The molecule has 21 heavy (non-hydrogen) atoms. The zero-order valence-corrected chi connectivity index (χ0v) is 12.8. The predicted octanol–water partition coefficient (Wildman–Crippen LogP) is 1.51. The van der Waals surface area contributed by atoms with Crippen LogP contribution in [0.2, 0.25) is 0 Å². The van der Waals surface area contributed by atoms with Crippen LogP contribution in [-0.4, -0.2) is 27.4 Å². The van der Waals surface area contributed by atoms with Gasteiger partial charge in [-0.1, -0.05) is 12.5 Å². The van der Waals surface area contributed by atoms with Crippen molar-refractivity contribution in [1.29, 1.82) is 0 Å². The van der Waals surface area contributed by atoms with E-state index in [9.17, 15) is 13.2 Å². The molecule has 3 atom stereocenters. The van der Waals surface area contributed by atoms with Gasteiger partial charge in [-0.15, -0.1) is 0 Å². The third kappa shape index (κ3) is 2.82. The first kappa shape index (κ1) is 14.5. The Balaban J connectivity index is 1.75. The van der Waals surface area contributed by atoms with Gasteiger partial charge in [0.25, 0.3) is 5.91 Å². The number of amides is 1. The van der Waals surface area contributed by atoms with Crippen LogP contribution in [0.15, 0.2) is 29.2 Å². The number of hydrogen-bond acceptors (Lipinski definition) is 3. The van der Waals surface area contributed by atoms with Crippen molar-refractivity contribution in [3.8, 4) is 0 Å². The third-order valence-electron chi connectivity index (χ3n) is 4.73. The number of fused-ring (bicyclic) bond motifs is 2. The summed E-state index contributed by atoms with van der Waals surface area (Å²) < 4.78 is 25.8. The molecule has 0 spiro atoms. The number of hydrogen-bond donors (Lipinski definition) is 2. The molecule has 0 unspecified atom stereocenters. The van der Waals surface area contributed by atoms with Crippen molar-refractivity contribution in [2.45, 2.75) is 36.6 Å². The zero-order valence-electron chi connectivity index (χ0n) is 12.0. The van der Waals surface area contributed by atoms with E-state index >= 15 is 0 Å². The predicted molar refractivity (Wildman–Crippen MR) is 79.4 cm³/mol. The second-order valence-electron chi connectivity index (χ2n) is 5.99. The Kier molecular flexibility index (Phi) is 3.75. The second kappa shape index (κ2) is 5.42. The molecule has 3 rings (SSSR count). The van der Waals surface area contributed by atoms with Gasteiger partial charge in [0.05, 0.1) is 4.90 Å². The van der Waals surface area contributed by atoms with Crippen LogP contribution >= 0.6 is 0 Å². The molecule has 2 N–H and O–H groups in total. The molecule has 0 saturated heterocycles. The van der Waals surface area contributed by atoms with Gasteiger partial charge in [0.2, 0.25) is 10.0 Å². The Bertz CT molecular complexity index is 657. The van der Waals surface area contributed by atoms with Crippen LogP contribution in [0.25, 0.3) is 0 Å². The van der Waals surface area contributed by atoms with E-state index in [0.717, 1.165) is 12.3 Å². The van der Waals surface area contributed by atoms with Crippen molar-refractivity contribution >= 4 is 15.9 Å². The Morgan fingerprint density at radius 1 is 1.24 bits per heavy atom. The number of nitrogens with one attached hydrogen (secondary N) is 2. The van der Waals surface area contributed by atoms with Crippen molar-refractivity contribution in [3.63, 3.8) is 0 Å². The van der Waals surface area contributed by atoms with Crippen LogP contribution in [0, 0.1) is 11.8 Å². The number of rotatable bonds is 4. The molecule has 0 radical (unpaired) electrons. The molecule has 0 aromatic heterocycles. The quantitative estimate of drug-likeness (QED) is 0.885. The summed E-state index contributed by atoms with van der Waals surface area (Å²) in [5.41, 5.74) is 0.397. The maximum Gasteiger partial charge on any atom is 0.251 e. The third-order valence-corrected chi connectivity index (χ3v) is 6.14. The Morgan fingerprint density at radius 3 is 2.67 bits per heavy atom. The van der Waals surface area contributed by atoms with E-state index in [-0.39, 0.29) is 16.8 Å². The summed E-state index contributed by atoms with van der Waals surface area (Å²) in [6, 6.07) is 6.41. The minimum Gasteiger partial charge on any atom is -0.349 e. The van der Waals surface area contributed by atoms with Gasteiger partial charge in [-0.3, -0.25) is 4.79 Å². The van der Waals surface area contributed by atoms with Gasteiger partial charge in [0.15, 0.2) is 0 Å². The highest BCUT2D eigenvalue weighted by Crippen LogP contribution is 2.44. The molecule has 5 nitrogen and oxygen atoms in total. The highest BCUT2D eigenvalue weighted by Gasteiger charge is 2.40. The maximum atomic E-state index is 12.3. The maximum absolute atomic E-state index is 12.3. The second-order valence-corrected chi connectivity index (χ2v) is 7.88. The van der Waals surface area contributed by atoms with Crippen molar-refractivity contribution in [2.24, 2.45) is 11.8 Å². The molecule has 1 aromatic rings. The number of benzene rings is 1. The molecular weight excluding hydrogens is 288 g/mol. The minimum atomic E-state index is -3.52. The van der Waals surface area contributed by atoms with E-state index in [2.05, 4.69) is 10.0 Å². The van der Waals surface area contributed by atoms with Crippen molar-refractivity contribution in [3.05, 3.63) is 29.8 Å². The average Bonchev–Trinajstić information content (AvgIpc) is 3.10. The molecule has 0 heterocycles. The SMILES string of the molecule is CNS(=O)(=O)c1cccc(C(=O)N[C@H]2C[C@H]3CC[C@H]2C3)c1. The zero-order chi connectivity index (χ0) is 15.0. The lowest BCUT2D eigenvalue weighted by atomic mass is 9.95. The van der Waals surface area contributed by atoms with E-state index in [1.807, 2.05) is 0 Å². The van der Waals surface area contributed by atoms with Gasteiger partial charge in [-0.25, -0.2) is 13.1 Å². The first-order valence-corrected chi connectivity index (χ1v) is 8.82. The molecule has 2 saturated carbocycles. The summed E-state index contributed by atoms with van der Waals surface area (Å²) in [6.07, 6.45) is 4.76. The Hall–Kier alpha value is -1.40. The van der Waals surface area contributed by atoms with Crippen LogP contribution in [0.3, 0.4) is 0 Å². The average molecular weight is 308 g/mol. The molecule has 6 heteroatoms. The molecule has 0 aliphatic heterocycles. The van der Waals surface area contributed by atoms with Gasteiger partial charge in [0.1, 0.15) is 0 Å². The molecule has 1 amide bonds. The van der Waals surface area contributed by atoms with Gasteiger partial charge in [0, 0.05) is 11.6 Å². The summed E-state index contributed by atoms with van der Waals surface area (Å²) in [7, 11) is -2.16. The Morgan fingerprint density at radius 2 is 2.05 bits per heavy atom. The van der Waals surface area contributed by atoms with Crippen molar-refractivity contribution < 1.29 is 13.2 Å². The number of carbonyl (C=O) groups is 1. The van der Waals surface area contributed by atoms with E-state index in [1.165, 1.54) is 38.4 Å². The molecular formula is C15H20N2O3S. The lowest BCUT2D eigenvalue weighted by Gasteiger charge is -2.23. The molecule has 114 valence electrons. The molecule has 2 aliphatic rings.